The van der Waals surface area contributed by atoms with Gasteiger partial charge in [-0.15, -0.1) is 0 Å². The molecule has 0 radical (unpaired) electrons. The van der Waals surface area contributed by atoms with Crippen molar-refractivity contribution in [2.75, 3.05) is 33.2 Å². The van der Waals surface area contributed by atoms with Crippen LogP contribution in [0.3, 0.4) is 0 Å². The van der Waals surface area contributed by atoms with E-state index in [9.17, 15) is 4.39 Å². The molecule has 0 aromatic heterocycles. The molecule has 0 heterocycles. The van der Waals surface area contributed by atoms with Crippen LogP contribution in [0.15, 0.2) is 29.3 Å². The van der Waals surface area contributed by atoms with Crippen molar-refractivity contribution in [3.8, 4) is 0 Å². The molecule has 1 aromatic rings. The summed E-state index contributed by atoms with van der Waals surface area (Å²) in [4.78, 5) is 6.73. The van der Waals surface area contributed by atoms with Crippen LogP contribution >= 0.6 is 0 Å². The SMILES string of the molecule is CCCCN=C(NCC)NCCN(C)Cc1ccc(F)cc1. The van der Waals surface area contributed by atoms with Crippen molar-refractivity contribution < 1.29 is 4.39 Å². The summed E-state index contributed by atoms with van der Waals surface area (Å²) in [5.41, 5.74) is 1.12. The van der Waals surface area contributed by atoms with E-state index < -0.39 is 0 Å². The molecule has 0 unspecified atom stereocenters. The van der Waals surface area contributed by atoms with Gasteiger partial charge in [-0.3, -0.25) is 4.99 Å². The van der Waals surface area contributed by atoms with Crippen LogP contribution in [-0.4, -0.2) is 44.1 Å². The highest BCUT2D eigenvalue weighted by Crippen LogP contribution is 2.04. The van der Waals surface area contributed by atoms with E-state index in [-0.39, 0.29) is 5.82 Å². The summed E-state index contributed by atoms with van der Waals surface area (Å²) in [5, 5.41) is 6.59. The second-order valence-electron chi connectivity index (χ2n) is 5.41. The van der Waals surface area contributed by atoms with Crippen molar-refractivity contribution in [3.63, 3.8) is 0 Å². The Morgan fingerprint density at radius 3 is 2.55 bits per heavy atom. The van der Waals surface area contributed by atoms with E-state index in [0.717, 1.165) is 57.1 Å². The monoisotopic (exact) mass is 308 g/mol. The maximum Gasteiger partial charge on any atom is 0.191 e. The first-order chi connectivity index (χ1) is 10.7. The van der Waals surface area contributed by atoms with E-state index in [0.29, 0.717) is 0 Å². The molecule has 0 aliphatic rings. The van der Waals surface area contributed by atoms with Crippen molar-refractivity contribution in [1.29, 1.82) is 0 Å². The van der Waals surface area contributed by atoms with E-state index in [1.54, 1.807) is 0 Å². The lowest BCUT2D eigenvalue weighted by Crippen LogP contribution is -2.41. The van der Waals surface area contributed by atoms with Crippen molar-refractivity contribution >= 4 is 5.96 Å². The minimum atomic E-state index is -0.188. The zero-order valence-corrected chi connectivity index (χ0v) is 14.0. The minimum Gasteiger partial charge on any atom is -0.357 e. The summed E-state index contributed by atoms with van der Waals surface area (Å²) < 4.78 is 12.9. The number of guanidine groups is 1. The largest absolute Gasteiger partial charge is 0.357 e. The summed E-state index contributed by atoms with van der Waals surface area (Å²) in [6.45, 7) is 8.50. The number of rotatable bonds is 9. The van der Waals surface area contributed by atoms with E-state index >= 15 is 0 Å². The van der Waals surface area contributed by atoms with Gasteiger partial charge in [-0.2, -0.15) is 0 Å². The molecule has 2 N–H and O–H groups in total. The molecular weight excluding hydrogens is 279 g/mol. The maximum atomic E-state index is 12.9. The second kappa shape index (κ2) is 11.0. The smallest absolute Gasteiger partial charge is 0.191 e. The molecule has 0 atom stereocenters. The maximum absolute atomic E-state index is 12.9. The Hall–Kier alpha value is -1.62. The van der Waals surface area contributed by atoms with Gasteiger partial charge < -0.3 is 15.5 Å². The van der Waals surface area contributed by atoms with Crippen LogP contribution < -0.4 is 10.6 Å². The predicted octanol–water partition coefficient (Wildman–Crippen LogP) is 2.61. The van der Waals surface area contributed by atoms with Gasteiger partial charge in [0.1, 0.15) is 5.82 Å². The highest BCUT2D eigenvalue weighted by molar-refractivity contribution is 5.79. The van der Waals surface area contributed by atoms with Crippen LogP contribution in [0.4, 0.5) is 4.39 Å². The fourth-order valence-electron chi connectivity index (χ4n) is 2.04. The van der Waals surface area contributed by atoms with E-state index in [1.807, 2.05) is 12.1 Å². The molecule has 1 aromatic carbocycles. The summed E-state index contributed by atoms with van der Waals surface area (Å²) >= 11 is 0. The number of aliphatic imine (C=N–C) groups is 1. The molecule has 0 fully saturated rings. The number of hydrogen-bond donors (Lipinski definition) is 2. The topological polar surface area (TPSA) is 39.7 Å². The van der Waals surface area contributed by atoms with Gasteiger partial charge in [0, 0.05) is 32.7 Å². The molecule has 0 amide bonds. The van der Waals surface area contributed by atoms with Crippen molar-refractivity contribution in [3.05, 3.63) is 35.6 Å². The van der Waals surface area contributed by atoms with Crippen molar-refractivity contribution in [2.24, 2.45) is 4.99 Å². The van der Waals surface area contributed by atoms with E-state index in [1.165, 1.54) is 12.1 Å². The lowest BCUT2D eigenvalue weighted by molar-refractivity contribution is 0.331. The fourth-order valence-corrected chi connectivity index (χ4v) is 2.04. The average molecular weight is 308 g/mol. The van der Waals surface area contributed by atoms with Gasteiger partial charge in [-0.1, -0.05) is 25.5 Å². The van der Waals surface area contributed by atoms with E-state index in [2.05, 4.69) is 41.4 Å². The Morgan fingerprint density at radius 1 is 1.18 bits per heavy atom. The van der Waals surface area contributed by atoms with Crippen LogP contribution in [0.5, 0.6) is 0 Å². The van der Waals surface area contributed by atoms with Crippen LogP contribution in [0.25, 0.3) is 0 Å². The van der Waals surface area contributed by atoms with Crippen LogP contribution in [0, 0.1) is 5.82 Å². The van der Waals surface area contributed by atoms with Crippen LogP contribution in [0.1, 0.15) is 32.3 Å². The molecular formula is C17H29FN4. The number of halogens is 1. The Kier molecular flexibility index (Phi) is 9.23. The molecule has 0 aliphatic carbocycles. The number of nitrogens with zero attached hydrogens (tertiary/aromatic N) is 2. The molecule has 1 rings (SSSR count). The van der Waals surface area contributed by atoms with Gasteiger partial charge in [-0.05, 0) is 38.1 Å². The molecule has 22 heavy (non-hydrogen) atoms. The summed E-state index contributed by atoms with van der Waals surface area (Å²) in [6.07, 6.45) is 2.27. The van der Waals surface area contributed by atoms with Gasteiger partial charge >= 0.3 is 0 Å². The number of nitrogens with one attached hydrogen (secondary N) is 2. The molecule has 4 nitrogen and oxygen atoms in total. The normalized spacial score (nSPS) is 11.8. The van der Waals surface area contributed by atoms with Gasteiger partial charge in [0.05, 0.1) is 0 Å². The van der Waals surface area contributed by atoms with Gasteiger partial charge in [0.15, 0.2) is 5.96 Å². The molecule has 0 saturated heterocycles. The first-order valence-electron chi connectivity index (χ1n) is 8.10. The zero-order chi connectivity index (χ0) is 16.2. The molecule has 0 spiro atoms. The zero-order valence-electron chi connectivity index (χ0n) is 14.0. The highest BCUT2D eigenvalue weighted by Gasteiger charge is 2.02. The number of benzene rings is 1. The van der Waals surface area contributed by atoms with Crippen molar-refractivity contribution in [2.45, 2.75) is 33.2 Å². The molecule has 0 aliphatic heterocycles. The third-order valence-corrected chi connectivity index (χ3v) is 3.28. The molecule has 0 bridgehead atoms. The summed E-state index contributed by atoms with van der Waals surface area (Å²) in [6, 6.07) is 6.67. The third kappa shape index (κ3) is 7.98. The Labute approximate surface area is 133 Å². The molecule has 124 valence electrons. The van der Waals surface area contributed by atoms with Crippen molar-refractivity contribution in [1.82, 2.24) is 15.5 Å². The van der Waals surface area contributed by atoms with Gasteiger partial charge in [0.25, 0.3) is 0 Å². The van der Waals surface area contributed by atoms with Gasteiger partial charge in [0.2, 0.25) is 0 Å². The Balaban J connectivity index is 2.30. The fraction of sp³-hybridized carbons (Fsp3) is 0.588. The van der Waals surface area contributed by atoms with E-state index in [4.69, 9.17) is 0 Å². The number of unbranched alkanes of at least 4 members (excludes halogenated alkanes) is 1. The Morgan fingerprint density at radius 2 is 1.91 bits per heavy atom. The first kappa shape index (κ1) is 18.4. The molecule has 0 saturated carbocycles. The summed E-state index contributed by atoms with van der Waals surface area (Å²) in [5.74, 6) is 0.692. The standard InChI is InChI=1S/C17H29FN4/c1-4-6-11-20-17(19-5-2)21-12-13-22(3)14-15-7-9-16(18)10-8-15/h7-10H,4-6,11-14H2,1-3H3,(H2,19,20,21). The van der Waals surface area contributed by atoms with Gasteiger partial charge in [-0.25, -0.2) is 4.39 Å². The Bertz CT molecular complexity index is 431. The minimum absolute atomic E-state index is 0.188. The quantitative estimate of drug-likeness (QED) is 0.418. The average Bonchev–Trinajstić information content (AvgIpc) is 2.50. The number of likely N-dealkylation sites (N-methyl/N-ethyl adjacent to an activating group) is 1. The lowest BCUT2D eigenvalue weighted by Gasteiger charge is -2.18. The van der Waals surface area contributed by atoms with Crippen LogP contribution in [-0.2, 0) is 6.54 Å². The molecule has 5 heteroatoms. The van der Waals surface area contributed by atoms with Crippen LogP contribution in [0.2, 0.25) is 0 Å². The second-order valence-corrected chi connectivity index (χ2v) is 5.41. The highest BCUT2D eigenvalue weighted by atomic mass is 19.1. The number of hydrogen-bond acceptors (Lipinski definition) is 2. The summed E-state index contributed by atoms with van der Waals surface area (Å²) in [7, 11) is 2.06. The first-order valence-corrected chi connectivity index (χ1v) is 8.10. The third-order valence-electron chi connectivity index (χ3n) is 3.28. The predicted molar refractivity (Wildman–Crippen MR) is 91.6 cm³/mol. The lowest BCUT2D eigenvalue weighted by atomic mass is 10.2.